The molecule has 1 heterocycles. The summed E-state index contributed by atoms with van der Waals surface area (Å²) in [4.78, 5) is 15.8. The molecule has 7 heteroatoms. The van der Waals surface area contributed by atoms with Crippen LogP contribution in [0.1, 0.15) is 48.5 Å². The number of halogens is 1. The molecule has 0 saturated heterocycles. The van der Waals surface area contributed by atoms with Crippen LogP contribution in [-0.2, 0) is 0 Å². The number of unbranched alkanes of at least 4 members (excludes halogenated alkanes) is 2. The lowest BCUT2D eigenvalue weighted by Crippen LogP contribution is -2.02. The van der Waals surface area contributed by atoms with Gasteiger partial charge in [-0.05, 0) is 32.4 Å². The standard InChI is InChI=1S/C18H22ClNO4S/c1-4-6-7-8-24-15-13(19)9-12(10-14(15)23-5-2)17-20-11(3)16(25-17)18(21)22/h9-10H,4-8H2,1-3H3,(H,21,22). The molecule has 0 aliphatic carbocycles. The molecular formula is C18H22ClNO4S. The highest BCUT2D eigenvalue weighted by molar-refractivity contribution is 7.17. The predicted molar refractivity (Wildman–Crippen MR) is 100 cm³/mol. The van der Waals surface area contributed by atoms with Crippen LogP contribution < -0.4 is 9.47 Å². The van der Waals surface area contributed by atoms with E-state index in [9.17, 15) is 9.90 Å². The Hall–Kier alpha value is -1.79. The van der Waals surface area contributed by atoms with Crippen LogP contribution >= 0.6 is 22.9 Å². The normalized spacial score (nSPS) is 10.7. The molecule has 1 N–H and O–H groups in total. The molecule has 5 nitrogen and oxygen atoms in total. The molecule has 1 aromatic heterocycles. The minimum atomic E-state index is -0.978. The zero-order valence-electron chi connectivity index (χ0n) is 14.6. The number of rotatable bonds is 9. The van der Waals surface area contributed by atoms with Crippen LogP contribution in [0.3, 0.4) is 0 Å². The maximum absolute atomic E-state index is 11.2. The summed E-state index contributed by atoms with van der Waals surface area (Å²) in [7, 11) is 0. The number of aromatic carboxylic acids is 1. The average molecular weight is 384 g/mol. The maximum Gasteiger partial charge on any atom is 0.347 e. The lowest BCUT2D eigenvalue weighted by molar-refractivity contribution is 0.0701. The van der Waals surface area contributed by atoms with Crippen LogP contribution in [0.4, 0.5) is 0 Å². The third-order valence-corrected chi connectivity index (χ3v) is 5.02. The van der Waals surface area contributed by atoms with Crippen molar-refractivity contribution in [3.8, 4) is 22.1 Å². The van der Waals surface area contributed by atoms with Crippen LogP contribution in [0.5, 0.6) is 11.5 Å². The second-order valence-corrected chi connectivity index (χ2v) is 6.92. The van der Waals surface area contributed by atoms with Gasteiger partial charge in [0, 0.05) is 5.56 Å². The third kappa shape index (κ3) is 4.86. The van der Waals surface area contributed by atoms with Crippen molar-refractivity contribution < 1.29 is 19.4 Å². The first-order valence-corrected chi connectivity index (χ1v) is 9.47. The number of ether oxygens (including phenoxy) is 2. The fourth-order valence-electron chi connectivity index (χ4n) is 2.34. The van der Waals surface area contributed by atoms with E-state index in [2.05, 4.69) is 11.9 Å². The molecule has 0 aliphatic rings. The number of thiazole rings is 1. The van der Waals surface area contributed by atoms with E-state index in [4.69, 9.17) is 21.1 Å². The first kappa shape index (κ1) is 19.5. The van der Waals surface area contributed by atoms with Crippen molar-refractivity contribution >= 4 is 28.9 Å². The van der Waals surface area contributed by atoms with Gasteiger partial charge in [-0.3, -0.25) is 0 Å². The molecule has 0 bridgehead atoms. The molecule has 0 unspecified atom stereocenters. The summed E-state index contributed by atoms with van der Waals surface area (Å²) in [6.07, 6.45) is 3.16. The Morgan fingerprint density at radius 2 is 2.04 bits per heavy atom. The van der Waals surface area contributed by atoms with Gasteiger partial charge in [0.05, 0.1) is 23.9 Å². The zero-order chi connectivity index (χ0) is 18.4. The van der Waals surface area contributed by atoms with Gasteiger partial charge in [0.2, 0.25) is 0 Å². The van der Waals surface area contributed by atoms with Gasteiger partial charge in [0.25, 0.3) is 0 Å². The highest BCUT2D eigenvalue weighted by Crippen LogP contribution is 2.41. The molecule has 2 rings (SSSR count). The van der Waals surface area contributed by atoms with Gasteiger partial charge in [0.1, 0.15) is 9.88 Å². The van der Waals surface area contributed by atoms with E-state index in [0.717, 1.165) is 36.2 Å². The van der Waals surface area contributed by atoms with Crippen molar-refractivity contribution in [3.63, 3.8) is 0 Å². The summed E-state index contributed by atoms with van der Waals surface area (Å²) < 4.78 is 11.5. The second kappa shape index (κ2) is 9.06. The maximum atomic E-state index is 11.2. The van der Waals surface area contributed by atoms with Gasteiger partial charge >= 0.3 is 5.97 Å². The van der Waals surface area contributed by atoms with Crippen molar-refractivity contribution in [2.24, 2.45) is 0 Å². The van der Waals surface area contributed by atoms with Crippen molar-refractivity contribution in [1.82, 2.24) is 4.98 Å². The third-order valence-electron chi connectivity index (χ3n) is 3.54. The van der Waals surface area contributed by atoms with E-state index in [-0.39, 0.29) is 4.88 Å². The SMILES string of the molecule is CCCCCOc1c(Cl)cc(-c2nc(C)c(C(=O)O)s2)cc1OCC. The summed E-state index contributed by atoms with van der Waals surface area (Å²) in [5.41, 5.74) is 1.21. The number of aromatic nitrogens is 1. The van der Waals surface area contributed by atoms with Crippen molar-refractivity contribution in [1.29, 1.82) is 0 Å². The van der Waals surface area contributed by atoms with Gasteiger partial charge in [-0.1, -0.05) is 31.4 Å². The van der Waals surface area contributed by atoms with Crippen molar-refractivity contribution in [3.05, 3.63) is 27.7 Å². The fraction of sp³-hybridized carbons (Fsp3) is 0.444. The number of carboxylic acids is 1. The smallest absolute Gasteiger partial charge is 0.347 e. The zero-order valence-corrected chi connectivity index (χ0v) is 16.2. The van der Waals surface area contributed by atoms with Gasteiger partial charge < -0.3 is 14.6 Å². The molecule has 1 aromatic carbocycles. The Balaban J connectivity index is 2.34. The monoisotopic (exact) mass is 383 g/mol. The Morgan fingerprint density at radius 3 is 2.64 bits per heavy atom. The first-order chi connectivity index (χ1) is 12.0. The second-order valence-electron chi connectivity index (χ2n) is 5.51. The molecule has 0 amide bonds. The number of carboxylic acid groups (broad SMARTS) is 1. The molecule has 2 aromatic rings. The van der Waals surface area contributed by atoms with E-state index in [1.165, 1.54) is 0 Å². The number of hydrogen-bond acceptors (Lipinski definition) is 5. The Morgan fingerprint density at radius 1 is 1.28 bits per heavy atom. The van der Waals surface area contributed by atoms with Crippen LogP contribution in [0.25, 0.3) is 10.6 Å². The molecule has 25 heavy (non-hydrogen) atoms. The molecule has 136 valence electrons. The van der Waals surface area contributed by atoms with Gasteiger partial charge in [-0.15, -0.1) is 11.3 Å². The van der Waals surface area contributed by atoms with E-state index < -0.39 is 5.97 Å². The molecule has 0 saturated carbocycles. The summed E-state index contributed by atoms with van der Waals surface area (Å²) in [5, 5.41) is 10.2. The highest BCUT2D eigenvalue weighted by atomic mass is 35.5. The lowest BCUT2D eigenvalue weighted by atomic mass is 10.2. The van der Waals surface area contributed by atoms with Gasteiger partial charge in [0.15, 0.2) is 11.5 Å². The number of carbonyl (C=O) groups is 1. The fourth-order valence-corrected chi connectivity index (χ4v) is 3.50. The van der Waals surface area contributed by atoms with E-state index in [1.807, 2.05) is 6.92 Å². The summed E-state index contributed by atoms with van der Waals surface area (Å²) in [6, 6.07) is 3.54. The summed E-state index contributed by atoms with van der Waals surface area (Å²) in [5.74, 6) is 0.0922. The molecule has 0 spiro atoms. The van der Waals surface area contributed by atoms with E-state index >= 15 is 0 Å². The van der Waals surface area contributed by atoms with E-state index in [0.29, 0.717) is 40.4 Å². The molecule has 0 atom stereocenters. The topological polar surface area (TPSA) is 68.7 Å². The predicted octanol–water partition coefficient (Wildman–Crippen LogP) is 5.44. The van der Waals surface area contributed by atoms with Crippen LogP contribution in [-0.4, -0.2) is 29.3 Å². The quantitative estimate of drug-likeness (QED) is 0.584. The van der Waals surface area contributed by atoms with Gasteiger partial charge in [-0.25, -0.2) is 9.78 Å². The minimum absolute atomic E-state index is 0.226. The average Bonchev–Trinajstić information content (AvgIpc) is 2.95. The molecule has 0 radical (unpaired) electrons. The van der Waals surface area contributed by atoms with Crippen LogP contribution in [0, 0.1) is 6.92 Å². The lowest BCUT2D eigenvalue weighted by Gasteiger charge is -2.14. The van der Waals surface area contributed by atoms with Crippen molar-refractivity contribution in [2.75, 3.05) is 13.2 Å². The first-order valence-electron chi connectivity index (χ1n) is 8.28. The number of nitrogens with zero attached hydrogens (tertiary/aromatic N) is 1. The Labute approximate surface area is 156 Å². The largest absolute Gasteiger partial charge is 0.490 e. The highest BCUT2D eigenvalue weighted by Gasteiger charge is 2.19. The summed E-state index contributed by atoms with van der Waals surface area (Å²) >= 11 is 7.52. The Bertz CT molecular complexity index is 745. The number of aryl methyl sites for hydroxylation is 1. The molecule has 0 aliphatic heterocycles. The van der Waals surface area contributed by atoms with Gasteiger partial charge in [-0.2, -0.15) is 0 Å². The number of benzene rings is 1. The molecular weight excluding hydrogens is 362 g/mol. The van der Waals surface area contributed by atoms with E-state index in [1.54, 1.807) is 19.1 Å². The minimum Gasteiger partial charge on any atom is -0.490 e. The molecule has 0 fully saturated rings. The summed E-state index contributed by atoms with van der Waals surface area (Å²) in [6.45, 7) is 6.75. The Kier molecular flexibility index (Phi) is 7.08. The van der Waals surface area contributed by atoms with Crippen LogP contribution in [0.15, 0.2) is 12.1 Å². The van der Waals surface area contributed by atoms with Crippen molar-refractivity contribution in [2.45, 2.75) is 40.0 Å². The number of hydrogen-bond donors (Lipinski definition) is 1. The van der Waals surface area contributed by atoms with Crippen LogP contribution in [0.2, 0.25) is 5.02 Å².